The summed E-state index contributed by atoms with van der Waals surface area (Å²) in [4.78, 5) is 15.1. The number of hydrogen-bond acceptors (Lipinski definition) is 7. The fraction of sp³-hybridized carbons (Fsp3) is 0. The summed E-state index contributed by atoms with van der Waals surface area (Å²) in [5.41, 5.74) is 27.5. The highest BCUT2D eigenvalue weighted by molar-refractivity contribution is 7.26. The molecule has 0 N–H and O–H groups in total. The maximum atomic E-state index is 2.61. The molecule has 0 aliphatic carbocycles. The minimum atomic E-state index is -0.212. The van der Waals surface area contributed by atoms with Crippen LogP contribution in [0.25, 0.3) is 20.2 Å². The van der Waals surface area contributed by atoms with E-state index in [9.17, 15) is 0 Å². The van der Waals surface area contributed by atoms with Crippen molar-refractivity contribution in [1.29, 1.82) is 0 Å². The molecule has 0 amide bonds. The summed E-state index contributed by atoms with van der Waals surface area (Å²) >= 11 is 1.89. The predicted octanol–water partition coefficient (Wildman–Crippen LogP) is 19.2. The fourth-order valence-electron chi connectivity index (χ4n) is 15.5. The number of thiophene rings is 1. The van der Waals surface area contributed by atoms with Gasteiger partial charge >= 0.3 is 0 Å². The summed E-state index contributed by atoms with van der Waals surface area (Å²) in [6, 6.07) is 126. The Morgan fingerprint density at radius 3 is 0.935 bits per heavy atom. The zero-order valence-electron chi connectivity index (χ0n) is 50.6. The summed E-state index contributed by atoms with van der Waals surface area (Å²) in [5.74, 6) is 0. The van der Waals surface area contributed by atoms with Gasteiger partial charge in [-0.15, -0.1) is 11.3 Å². The van der Waals surface area contributed by atoms with Crippen LogP contribution in [0.2, 0.25) is 0 Å². The van der Waals surface area contributed by atoms with Gasteiger partial charge in [-0.2, -0.15) is 0 Å². The van der Waals surface area contributed by atoms with Crippen LogP contribution in [0, 0.1) is 0 Å². The molecule has 0 saturated carbocycles. The van der Waals surface area contributed by atoms with Crippen LogP contribution in [0.4, 0.5) is 102 Å². The van der Waals surface area contributed by atoms with Crippen molar-refractivity contribution in [3.63, 3.8) is 0 Å². The van der Waals surface area contributed by atoms with Crippen LogP contribution in [-0.4, -0.2) is 13.4 Å². The molecule has 0 saturated heterocycles. The Balaban J connectivity index is 0.955. The molecule has 9 heteroatoms. The van der Waals surface area contributed by atoms with Crippen molar-refractivity contribution in [2.24, 2.45) is 0 Å². The first-order valence-electron chi connectivity index (χ1n) is 32.0. The number of benzene rings is 14. The van der Waals surface area contributed by atoms with E-state index in [0.717, 1.165) is 96.7 Å². The van der Waals surface area contributed by atoms with E-state index in [1.165, 1.54) is 58.6 Å². The van der Waals surface area contributed by atoms with Crippen molar-refractivity contribution >= 4 is 180 Å². The Morgan fingerprint density at radius 2 is 0.527 bits per heavy atom. The van der Waals surface area contributed by atoms with Crippen molar-refractivity contribution < 1.29 is 0 Å². The SMILES string of the molecule is c1ccc(N(c2ccccc2)c2cc3c4c(c2)N(c2ccccc2)c2cc5c(cc2B4c2ccccc2N3c2ccccc2)N(c2ccccc2)c2cc(N(c3ccccc3)c3ccccc3)cc3c2B5c2cc4sc5ccccc5c4cc2N3c2ccccc2)cc1. The zero-order valence-corrected chi connectivity index (χ0v) is 51.4. The molecule has 4 aliphatic heterocycles. The van der Waals surface area contributed by atoms with Gasteiger partial charge in [0.15, 0.2) is 0 Å². The van der Waals surface area contributed by atoms with E-state index in [1.54, 1.807) is 0 Å². The van der Waals surface area contributed by atoms with E-state index in [2.05, 4.69) is 369 Å². The Kier molecular flexibility index (Phi) is 12.2. The predicted molar refractivity (Wildman–Crippen MR) is 397 cm³/mol. The molecule has 5 heterocycles. The number of rotatable bonds is 10. The summed E-state index contributed by atoms with van der Waals surface area (Å²) < 4.78 is 2.56. The topological polar surface area (TPSA) is 19.4 Å². The molecule has 0 radical (unpaired) electrons. The second-order valence-electron chi connectivity index (χ2n) is 24.4. The van der Waals surface area contributed by atoms with Crippen molar-refractivity contribution in [2.45, 2.75) is 0 Å². The lowest BCUT2D eigenvalue weighted by atomic mass is 9.31. The normalized spacial score (nSPS) is 13.0. The Hall–Kier alpha value is -11.8. The van der Waals surface area contributed by atoms with E-state index in [1.807, 2.05) is 11.3 Å². The highest BCUT2D eigenvalue weighted by atomic mass is 32.1. The molecule has 19 rings (SSSR count). The second kappa shape index (κ2) is 21.4. The number of para-hydroxylation sites is 9. The van der Waals surface area contributed by atoms with Gasteiger partial charge in [-0.3, -0.25) is 0 Å². The smallest absolute Gasteiger partial charge is 0.252 e. The third-order valence-electron chi connectivity index (χ3n) is 19.3. The number of hydrogen-bond donors (Lipinski definition) is 0. The quantitative estimate of drug-likeness (QED) is 0.126. The van der Waals surface area contributed by atoms with E-state index in [0.29, 0.717) is 0 Å². The zero-order chi connectivity index (χ0) is 61.1. The van der Waals surface area contributed by atoms with E-state index >= 15 is 0 Å². The molecule has 6 nitrogen and oxygen atoms in total. The first-order valence-corrected chi connectivity index (χ1v) is 32.8. The standard InChI is InChI=1S/C84H56B2N6S/c1-9-29-57(30-10-1)87(58-31-11-2-12-32-58)65-49-77-83-78(50-65)91(63-41-21-7-22-42-63)75-55-71-76(54-70(75)85(83)69-46-26-27-47-73(69)89(77)61-37-17-5-18-38-61)92(64-43-23-8-24-44-64)80-52-66(88(59-33-13-3-14-34-59)60-35-15-4-16-36-60)51-79-84(80)86(71)72-56-82-68(67-45-25-28-48-81(67)93-82)53-74(72)90(79)62-39-19-6-20-40-62/h1-56H. The summed E-state index contributed by atoms with van der Waals surface area (Å²) in [7, 11) is 0. The lowest BCUT2D eigenvalue weighted by Gasteiger charge is -2.48. The second-order valence-corrected chi connectivity index (χ2v) is 25.5. The number of nitrogens with zero attached hydrogens (tertiary/aromatic N) is 6. The maximum Gasteiger partial charge on any atom is 0.252 e. The Morgan fingerprint density at radius 1 is 0.215 bits per heavy atom. The number of fused-ring (bicyclic) bond motifs is 11. The first-order chi connectivity index (χ1) is 46.2. The lowest BCUT2D eigenvalue weighted by Crippen LogP contribution is -2.64. The molecule has 0 atom stereocenters. The Bertz CT molecular complexity index is 5300. The third kappa shape index (κ3) is 8.37. The molecule has 93 heavy (non-hydrogen) atoms. The van der Waals surface area contributed by atoms with E-state index in [-0.39, 0.29) is 13.4 Å². The van der Waals surface area contributed by atoms with Crippen molar-refractivity contribution in [2.75, 3.05) is 29.4 Å². The molecule has 434 valence electrons. The van der Waals surface area contributed by atoms with Crippen molar-refractivity contribution in [1.82, 2.24) is 0 Å². The molecular formula is C84H56B2N6S. The van der Waals surface area contributed by atoms with Gasteiger partial charge in [0.05, 0.1) is 11.4 Å². The lowest BCUT2D eigenvalue weighted by molar-refractivity contribution is 1.22. The van der Waals surface area contributed by atoms with Crippen LogP contribution in [0.15, 0.2) is 340 Å². The molecule has 0 fully saturated rings. The van der Waals surface area contributed by atoms with Crippen molar-refractivity contribution in [3.05, 3.63) is 340 Å². The van der Waals surface area contributed by atoms with Crippen LogP contribution < -0.4 is 62.2 Å². The number of anilines is 18. The van der Waals surface area contributed by atoms with Gasteiger partial charge in [0.1, 0.15) is 0 Å². The van der Waals surface area contributed by atoms with E-state index in [4.69, 9.17) is 0 Å². The molecule has 15 aromatic rings. The molecule has 0 spiro atoms. The summed E-state index contributed by atoms with van der Waals surface area (Å²) in [5, 5.41) is 2.53. The van der Waals surface area contributed by atoms with Crippen LogP contribution in [0.3, 0.4) is 0 Å². The minimum Gasteiger partial charge on any atom is -0.311 e. The first kappa shape index (κ1) is 53.1. The third-order valence-corrected chi connectivity index (χ3v) is 20.4. The van der Waals surface area contributed by atoms with Crippen LogP contribution in [0.5, 0.6) is 0 Å². The molecule has 0 unspecified atom stereocenters. The van der Waals surface area contributed by atoms with Gasteiger partial charge in [0, 0.05) is 111 Å². The van der Waals surface area contributed by atoms with Crippen molar-refractivity contribution in [3.8, 4) is 0 Å². The van der Waals surface area contributed by atoms with Crippen LogP contribution in [-0.2, 0) is 0 Å². The summed E-state index contributed by atoms with van der Waals surface area (Å²) in [6.07, 6.45) is 0. The average molecular weight is 1200 g/mol. The van der Waals surface area contributed by atoms with Gasteiger partial charge < -0.3 is 29.4 Å². The fourth-order valence-corrected chi connectivity index (χ4v) is 16.6. The highest BCUT2D eigenvalue weighted by Gasteiger charge is 2.49. The van der Waals surface area contributed by atoms with Gasteiger partial charge in [-0.1, -0.05) is 182 Å². The highest BCUT2D eigenvalue weighted by Crippen LogP contribution is 2.53. The molecule has 0 bridgehead atoms. The summed E-state index contributed by atoms with van der Waals surface area (Å²) in [6.45, 7) is -0.393. The van der Waals surface area contributed by atoms with Gasteiger partial charge in [0.2, 0.25) is 0 Å². The monoisotopic (exact) mass is 1200 g/mol. The van der Waals surface area contributed by atoms with Gasteiger partial charge in [0.25, 0.3) is 13.4 Å². The van der Waals surface area contributed by atoms with Crippen LogP contribution >= 0.6 is 11.3 Å². The Labute approximate surface area is 545 Å². The minimum absolute atomic E-state index is 0.180. The van der Waals surface area contributed by atoms with Gasteiger partial charge in [-0.25, -0.2) is 0 Å². The van der Waals surface area contributed by atoms with Crippen LogP contribution in [0.1, 0.15) is 0 Å². The average Bonchev–Trinajstić information content (AvgIpc) is 0.816. The molecule has 14 aromatic carbocycles. The van der Waals surface area contributed by atoms with Gasteiger partial charge in [-0.05, 0) is 191 Å². The maximum absolute atomic E-state index is 2.61. The molecule has 4 aliphatic rings. The largest absolute Gasteiger partial charge is 0.311 e. The molecular weight excluding hydrogens is 1150 g/mol. The molecule has 1 aromatic heterocycles. The van der Waals surface area contributed by atoms with E-state index < -0.39 is 0 Å².